The first-order valence-electron chi connectivity index (χ1n) is 7.13. The highest BCUT2D eigenvalue weighted by molar-refractivity contribution is 5.74. The van der Waals surface area contributed by atoms with Crippen LogP contribution in [0, 0.1) is 0 Å². The molecule has 0 unspecified atom stereocenters. The molecule has 1 aliphatic heterocycles. The van der Waals surface area contributed by atoms with Crippen molar-refractivity contribution >= 4 is 12.0 Å². The summed E-state index contributed by atoms with van der Waals surface area (Å²) in [5, 5.41) is 11.7. The zero-order valence-corrected chi connectivity index (χ0v) is 11.9. The van der Waals surface area contributed by atoms with Gasteiger partial charge in [0.25, 0.3) is 0 Å². The van der Waals surface area contributed by atoms with Crippen molar-refractivity contribution in [2.45, 2.75) is 25.8 Å². The number of rotatable bonds is 5. The zero-order chi connectivity index (χ0) is 15.1. The summed E-state index contributed by atoms with van der Waals surface area (Å²) in [6, 6.07) is 7.54. The molecule has 112 valence electrons. The fourth-order valence-corrected chi connectivity index (χ4v) is 2.32. The van der Waals surface area contributed by atoms with E-state index in [9.17, 15) is 9.59 Å². The van der Waals surface area contributed by atoms with Gasteiger partial charge in [-0.05, 0) is 24.0 Å². The summed E-state index contributed by atoms with van der Waals surface area (Å²) < 4.78 is 0. The fourth-order valence-electron chi connectivity index (χ4n) is 2.32. The largest absolute Gasteiger partial charge is 0.481 e. The van der Waals surface area contributed by atoms with Crippen LogP contribution in [-0.2, 0) is 17.8 Å². The lowest BCUT2D eigenvalue weighted by atomic mass is 10.0. The van der Waals surface area contributed by atoms with Crippen LogP contribution in [0.3, 0.4) is 0 Å². The van der Waals surface area contributed by atoms with Gasteiger partial charge in [-0.2, -0.15) is 0 Å². The van der Waals surface area contributed by atoms with Crippen LogP contribution < -0.4 is 5.32 Å². The first-order valence-corrected chi connectivity index (χ1v) is 7.13. The first kappa shape index (κ1) is 15.1. The van der Waals surface area contributed by atoms with Crippen molar-refractivity contribution in [3.8, 4) is 0 Å². The zero-order valence-electron chi connectivity index (χ0n) is 11.9. The van der Waals surface area contributed by atoms with Gasteiger partial charge < -0.3 is 15.3 Å². The van der Waals surface area contributed by atoms with Gasteiger partial charge in [0.2, 0.25) is 0 Å². The Morgan fingerprint density at radius 2 is 1.95 bits per heavy atom. The summed E-state index contributed by atoms with van der Waals surface area (Å²) in [5.74, 6) is -0.811. The second kappa shape index (κ2) is 7.47. The highest BCUT2D eigenvalue weighted by Crippen LogP contribution is 2.11. The molecule has 0 spiro atoms. The molecule has 2 amide bonds. The molecular formula is C16H20N2O3. The van der Waals surface area contributed by atoms with E-state index in [-0.39, 0.29) is 12.5 Å². The van der Waals surface area contributed by atoms with Crippen molar-refractivity contribution in [3.05, 3.63) is 47.5 Å². The van der Waals surface area contributed by atoms with Crippen molar-refractivity contribution < 1.29 is 14.7 Å². The van der Waals surface area contributed by atoms with Gasteiger partial charge in [0.05, 0.1) is 0 Å². The lowest BCUT2D eigenvalue weighted by Crippen LogP contribution is -2.41. The predicted molar refractivity (Wildman–Crippen MR) is 80.0 cm³/mol. The van der Waals surface area contributed by atoms with E-state index in [0.29, 0.717) is 19.5 Å². The minimum absolute atomic E-state index is 0.0765. The topological polar surface area (TPSA) is 69.6 Å². The lowest BCUT2D eigenvalue weighted by molar-refractivity contribution is -0.136. The quantitative estimate of drug-likeness (QED) is 0.816. The molecule has 1 aromatic carbocycles. The maximum atomic E-state index is 12.0. The summed E-state index contributed by atoms with van der Waals surface area (Å²) >= 11 is 0. The Balaban J connectivity index is 1.91. The molecule has 5 heteroatoms. The Morgan fingerprint density at radius 3 is 2.62 bits per heavy atom. The molecule has 0 aromatic heterocycles. The molecule has 21 heavy (non-hydrogen) atoms. The van der Waals surface area contributed by atoms with E-state index in [1.807, 2.05) is 30.3 Å². The molecule has 0 bridgehead atoms. The van der Waals surface area contributed by atoms with E-state index in [0.717, 1.165) is 24.1 Å². The number of nitrogens with zero attached hydrogens (tertiary/aromatic N) is 1. The van der Waals surface area contributed by atoms with Gasteiger partial charge >= 0.3 is 12.0 Å². The van der Waals surface area contributed by atoms with E-state index >= 15 is 0 Å². The van der Waals surface area contributed by atoms with Gasteiger partial charge in [0.1, 0.15) is 0 Å². The maximum absolute atomic E-state index is 12.0. The molecule has 2 rings (SSSR count). The molecule has 1 aliphatic rings. The van der Waals surface area contributed by atoms with Crippen LogP contribution in [0.4, 0.5) is 4.79 Å². The minimum Gasteiger partial charge on any atom is -0.481 e. The number of nitrogens with one attached hydrogen (secondary N) is 1. The second-order valence-electron chi connectivity index (χ2n) is 5.03. The average Bonchev–Trinajstić information content (AvgIpc) is 2.52. The third-order valence-corrected chi connectivity index (χ3v) is 3.50. The van der Waals surface area contributed by atoms with Gasteiger partial charge in [-0.1, -0.05) is 36.4 Å². The minimum atomic E-state index is -0.811. The van der Waals surface area contributed by atoms with Crippen molar-refractivity contribution in [2.75, 3.05) is 13.1 Å². The third kappa shape index (κ3) is 4.63. The summed E-state index contributed by atoms with van der Waals surface area (Å²) in [7, 11) is 0. The number of carboxylic acids is 1. The Hall–Kier alpha value is -2.30. The number of hydrogen-bond donors (Lipinski definition) is 2. The Morgan fingerprint density at radius 1 is 1.19 bits per heavy atom. The molecule has 2 N–H and O–H groups in total. The normalized spacial score (nSPS) is 14.0. The lowest BCUT2D eigenvalue weighted by Gasteiger charge is -2.24. The monoisotopic (exact) mass is 288 g/mol. The van der Waals surface area contributed by atoms with Crippen molar-refractivity contribution in [2.24, 2.45) is 0 Å². The van der Waals surface area contributed by atoms with Crippen LogP contribution in [-0.4, -0.2) is 35.1 Å². The maximum Gasteiger partial charge on any atom is 0.317 e. The Kier molecular flexibility index (Phi) is 5.37. The number of aryl methyl sites for hydroxylation is 1. The molecule has 0 atom stereocenters. The number of benzene rings is 1. The molecule has 1 heterocycles. The van der Waals surface area contributed by atoms with Crippen molar-refractivity contribution in [1.29, 1.82) is 0 Å². The Labute approximate surface area is 124 Å². The van der Waals surface area contributed by atoms with Gasteiger partial charge in [-0.25, -0.2) is 4.79 Å². The van der Waals surface area contributed by atoms with Crippen LogP contribution in [0.2, 0.25) is 0 Å². The summed E-state index contributed by atoms with van der Waals surface area (Å²) in [6.45, 7) is 1.81. The number of carbonyl (C=O) groups excluding carboxylic acids is 1. The number of hydrogen-bond acceptors (Lipinski definition) is 2. The van der Waals surface area contributed by atoms with E-state index in [1.54, 1.807) is 4.90 Å². The van der Waals surface area contributed by atoms with E-state index in [2.05, 4.69) is 11.4 Å². The van der Waals surface area contributed by atoms with Crippen molar-refractivity contribution in [1.82, 2.24) is 10.2 Å². The number of carbonyl (C=O) groups is 2. The smallest absolute Gasteiger partial charge is 0.317 e. The van der Waals surface area contributed by atoms with Gasteiger partial charge in [0.15, 0.2) is 0 Å². The molecular weight excluding hydrogens is 268 g/mol. The third-order valence-electron chi connectivity index (χ3n) is 3.50. The van der Waals surface area contributed by atoms with Crippen molar-refractivity contribution in [3.63, 3.8) is 0 Å². The number of amides is 2. The summed E-state index contributed by atoms with van der Waals surface area (Å²) in [4.78, 5) is 24.5. The van der Waals surface area contributed by atoms with E-state index < -0.39 is 5.97 Å². The Bertz CT molecular complexity index is 540. The highest BCUT2D eigenvalue weighted by Gasteiger charge is 2.13. The molecule has 0 fully saturated rings. The standard InChI is InChI=1S/C16H20N2O3/c19-15(20)9-8-13-6-2-3-7-14(13)12-17-16(21)18-10-4-1-5-11-18/h1-4,6-7H,5,8-12H2,(H,17,21)(H,19,20). The van der Waals surface area contributed by atoms with Crippen LogP contribution in [0.1, 0.15) is 24.0 Å². The average molecular weight is 288 g/mol. The van der Waals surface area contributed by atoms with Crippen LogP contribution in [0.5, 0.6) is 0 Å². The number of carboxylic acid groups (broad SMARTS) is 1. The molecule has 0 saturated heterocycles. The highest BCUT2D eigenvalue weighted by atomic mass is 16.4. The van der Waals surface area contributed by atoms with Crippen LogP contribution >= 0.6 is 0 Å². The summed E-state index contributed by atoms with van der Waals surface area (Å²) in [5.41, 5.74) is 1.94. The second-order valence-corrected chi connectivity index (χ2v) is 5.03. The fraction of sp³-hybridized carbons (Fsp3) is 0.375. The number of aliphatic carboxylic acids is 1. The van der Waals surface area contributed by atoms with Gasteiger partial charge in [0, 0.05) is 26.1 Å². The first-order chi connectivity index (χ1) is 10.2. The summed E-state index contributed by atoms with van der Waals surface area (Å²) in [6.07, 6.45) is 5.53. The van der Waals surface area contributed by atoms with Gasteiger partial charge in [-0.15, -0.1) is 0 Å². The molecule has 1 aromatic rings. The SMILES string of the molecule is O=C(O)CCc1ccccc1CNC(=O)N1CC=CCC1. The number of urea groups is 1. The van der Waals surface area contributed by atoms with E-state index in [1.165, 1.54) is 0 Å². The molecule has 0 radical (unpaired) electrons. The van der Waals surface area contributed by atoms with Crippen LogP contribution in [0.25, 0.3) is 0 Å². The predicted octanol–water partition coefficient (Wildman–Crippen LogP) is 2.18. The molecule has 0 saturated carbocycles. The van der Waals surface area contributed by atoms with Crippen LogP contribution in [0.15, 0.2) is 36.4 Å². The molecule has 0 aliphatic carbocycles. The van der Waals surface area contributed by atoms with Gasteiger partial charge in [-0.3, -0.25) is 4.79 Å². The van der Waals surface area contributed by atoms with E-state index in [4.69, 9.17) is 5.11 Å². The molecule has 5 nitrogen and oxygen atoms in total.